The molecule has 0 saturated carbocycles. The van der Waals surface area contributed by atoms with E-state index in [4.69, 9.17) is 3.44 Å². The Morgan fingerprint density at radius 2 is 2.40 bits per heavy atom. The molecule has 0 aliphatic heterocycles. The van der Waals surface area contributed by atoms with Gasteiger partial charge in [-0.1, -0.05) is 0 Å². The van der Waals surface area contributed by atoms with Crippen LogP contribution in [-0.4, -0.2) is 7.86 Å². The first-order valence-electron chi connectivity index (χ1n) is 1.64. The molecule has 0 amide bonds. The van der Waals surface area contributed by atoms with Crippen molar-refractivity contribution in [3.05, 3.63) is 0 Å². The van der Waals surface area contributed by atoms with Gasteiger partial charge < -0.3 is 0 Å². The van der Waals surface area contributed by atoms with Crippen molar-refractivity contribution in [1.82, 2.24) is 0 Å². The van der Waals surface area contributed by atoms with Gasteiger partial charge in [0.05, 0.1) is 0 Å². The van der Waals surface area contributed by atoms with E-state index in [1.54, 1.807) is 0 Å². The van der Waals surface area contributed by atoms with Crippen molar-refractivity contribution in [2.75, 3.05) is 4.43 Å². The van der Waals surface area contributed by atoms with Crippen LogP contribution < -0.4 is 21.6 Å². The van der Waals surface area contributed by atoms with Crippen LogP contribution in [0.4, 0.5) is 0 Å². The molecule has 0 aliphatic carbocycles. The molecule has 0 bridgehead atoms. The van der Waals surface area contributed by atoms with Crippen molar-refractivity contribution < 1.29 is 25.1 Å². The van der Waals surface area contributed by atoms with E-state index in [9.17, 15) is 0 Å². The molecule has 0 aromatic rings. The maximum atomic E-state index is 8.18. The molecule has 0 spiro atoms. The van der Waals surface area contributed by atoms with Crippen molar-refractivity contribution >= 4 is 0 Å². The van der Waals surface area contributed by atoms with Gasteiger partial charge in [0.25, 0.3) is 0 Å². The number of halogens is 1. The van der Waals surface area contributed by atoms with Crippen LogP contribution in [0.2, 0.25) is 0 Å². The molecule has 1 nitrogen and oxygen atoms in total. The van der Waals surface area contributed by atoms with Crippen molar-refractivity contribution in [2.45, 2.75) is 13.3 Å². The van der Waals surface area contributed by atoms with Gasteiger partial charge in [0.15, 0.2) is 0 Å². The van der Waals surface area contributed by atoms with Gasteiger partial charge in [-0.2, -0.15) is 0 Å². The predicted molar refractivity (Wildman–Crippen MR) is 17.4 cm³/mol. The Labute approximate surface area is 43.2 Å². The monoisotopic (exact) mass is 187 g/mol. The molecule has 0 atom stereocenters. The Morgan fingerprint density at radius 3 is 2.40 bits per heavy atom. The zero-order chi connectivity index (χ0) is 4.12. The van der Waals surface area contributed by atoms with Gasteiger partial charge in [-0.3, -0.25) is 0 Å². The van der Waals surface area contributed by atoms with Gasteiger partial charge in [0, 0.05) is 0 Å². The third-order valence-corrected chi connectivity index (χ3v) is 1.83. The van der Waals surface area contributed by atoms with E-state index < -0.39 is 21.6 Å². The van der Waals surface area contributed by atoms with Crippen LogP contribution in [0.5, 0.6) is 0 Å². The maximum absolute atomic E-state index is 8.18. The zero-order valence-corrected chi connectivity index (χ0v) is 5.40. The summed E-state index contributed by atoms with van der Waals surface area (Å²) >= 11 is -0.393. The first-order chi connectivity index (χ1) is 2.41. The van der Waals surface area contributed by atoms with E-state index in [2.05, 4.69) is 6.92 Å². The molecule has 0 aliphatic rings. The topological polar surface area (TPSA) is 20.2 Å². The molecule has 0 radical (unpaired) electrons. The van der Waals surface area contributed by atoms with Gasteiger partial charge >= 0.3 is 42.8 Å². The summed E-state index contributed by atoms with van der Waals surface area (Å²) in [5.74, 6) is 0. The Hall–Kier alpha value is 0.690. The van der Waals surface area contributed by atoms with Crippen LogP contribution in [0.3, 0.4) is 0 Å². The van der Waals surface area contributed by atoms with E-state index in [1.165, 1.54) is 0 Å². The number of alkyl halides is 1. The normalized spacial score (nSPS) is 9.20. The summed E-state index contributed by atoms with van der Waals surface area (Å²) < 4.78 is 9.23. The molecule has 0 aromatic carbocycles. The van der Waals surface area contributed by atoms with Gasteiger partial charge in [-0.05, 0) is 0 Å². The van der Waals surface area contributed by atoms with Crippen molar-refractivity contribution in [1.29, 1.82) is 0 Å². The number of rotatable bonds is 2. The SMILES string of the molecule is CCC[I-]O. The molecule has 34 valence electrons. The second kappa shape index (κ2) is 4.69. The van der Waals surface area contributed by atoms with E-state index in [0.29, 0.717) is 0 Å². The van der Waals surface area contributed by atoms with E-state index in [1.807, 2.05) is 0 Å². The second-order valence-electron chi connectivity index (χ2n) is 0.809. The van der Waals surface area contributed by atoms with Crippen LogP contribution >= 0.6 is 0 Å². The fourth-order valence-corrected chi connectivity index (χ4v) is 0.567. The summed E-state index contributed by atoms with van der Waals surface area (Å²) in [5, 5.41) is 0. The average molecular weight is 187 g/mol. The molecular weight excluding hydrogens is 179 g/mol. The van der Waals surface area contributed by atoms with Crippen LogP contribution in [-0.2, 0) is 0 Å². The van der Waals surface area contributed by atoms with E-state index >= 15 is 0 Å². The molecule has 0 saturated heterocycles. The minimum atomic E-state index is -0.393. The summed E-state index contributed by atoms with van der Waals surface area (Å²) in [6.07, 6.45) is 1.14. The minimum absolute atomic E-state index is 0.393. The van der Waals surface area contributed by atoms with Crippen molar-refractivity contribution in [3.63, 3.8) is 0 Å². The molecule has 0 rings (SSSR count). The number of hydrogen-bond donors (Lipinski definition) is 1. The molecule has 0 fully saturated rings. The van der Waals surface area contributed by atoms with E-state index in [0.717, 1.165) is 10.8 Å². The molecule has 0 heterocycles. The summed E-state index contributed by atoms with van der Waals surface area (Å²) in [5.41, 5.74) is 0. The standard InChI is InChI=1S/C3H8IO/c1-2-3-4-5/h5H,2-3H2,1H3/q-1. The number of hydrogen-bond acceptors (Lipinski definition) is 1. The fourth-order valence-electron chi connectivity index (χ4n) is 0.0845. The van der Waals surface area contributed by atoms with Gasteiger partial charge in [0.2, 0.25) is 0 Å². The Bertz CT molecular complexity index is 14.4. The van der Waals surface area contributed by atoms with Crippen LogP contribution in [0.15, 0.2) is 0 Å². The molecule has 0 unspecified atom stereocenters. The van der Waals surface area contributed by atoms with Crippen molar-refractivity contribution in [3.8, 4) is 0 Å². The second-order valence-corrected chi connectivity index (χ2v) is 2.57. The summed E-state index contributed by atoms with van der Waals surface area (Å²) in [6.45, 7) is 2.08. The van der Waals surface area contributed by atoms with Gasteiger partial charge in [0.1, 0.15) is 0 Å². The fraction of sp³-hybridized carbons (Fsp3) is 1.00. The first-order valence-corrected chi connectivity index (χ1v) is 4.13. The molecule has 1 N–H and O–H groups in total. The first kappa shape index (κ1) is 5.69. The Kier molecular flexibility index (Phi) is 5.34. The van der Waals surface area contributed by atoms with Gasteiger partial charge in [-0.25, -0.2) is 0 Å². The Morgan fingerprint density at radius 1 is 1.80 bits per heavy atom. The predicted octanol–water partition coefficient (Wildman–Crippen LogP) is -2.61. The zero-order valence-electron chi connectivity index (χ0n) is 3.24. The third-order valence-electron chi connectivity index (χ3n) is 0.273. The van der Waals surface area contributed by atoms with Crippen LogP contribution in [0.1, 0.15) is 13.3 Å². The summed E-state index contributed by atoms with van der Waals surface area (Å²) in [7, 11) is 0. The summed E-state index contributed by atoms with van der Waals surface area (Å²) in [4.78, 5) is 0. The Balaban J connectivity index is 2.19. The van der Waals surface area contributed by atoms with Crippen LogP contribution in [0, 0.1) is 0 Å². The molecule has 0 aromatic heterocycles. The summed E-state index contributed by atoms with van der Waals surface area (Å²) in [6, 6.07) is 0. The third kappa shape index (κ3) is 4.69. The quantitative estimate of drug-likeness (QED) is 0.371. The molecular formula is C3H8IO-. The molecule has 5 heavy (non-hydrogen) atoms. The van der Waals surface area contributed by atoms with Crippen molar-refractivity contribution in [2.24, 2.45) is 0 Å². The molecule has 2 heteroatoms. The van der Waals surface area contributed by atoms with Gasteiger partial charge in [-0.15, -0.1) is 0 Å². The average Bonchev–Trinajstić information content (AvgIpc) is 1.41. The van der Waals surface area contributed by atoms with Crippen LogP contribution in [0.25, 0.3) is 0 Å². The van der Waals surface area contributed by atoms with E-state index in [-0.39, 0.29) is 0 Å².